The molecule has 7 nitrogen and oxygen atoms in total. The molecule has 0 saturated heterocycles. The van der Waals surface area contributed by atoms with Crippen LogP contribution in [0.5, 0.6) is 0 Å². The number of rotatable bonds is 6. The van der Waals surface area contributed by atoms with Crippen LogP contribution in [-0.4, -0.2) is 22.8 Å². The van der Waals surface area contributed by atoms with Gasteiger partial charge in [-0.3, -0.25) is 10.2 Å². The molecule has 0 saturated carbocycles. The monoisotopic (exact) mass is 522 g/mol. The molecule has 4 aromatic rings. The minimum atomic E-state index is -1.16. The van der Waals surface area contributed by atoms with Crippen LogP contribution in [0.2, 0.25) is 0 Å². The molecular weight excluding hydrogens is 495 g/mol. The van der Waals surface area contributed by atoms with Crippen LogP contribution in [0.15, 0.2) is 84.9 Å². The number of nitrogens with two attached hydrogens (primary N) is 2. The Balaban J connectivity index is 1.61. The molecule has 0 fully saturated rings. The Bertz CT molecular complexity index is 1630. The highest BCUT2D eigenvalue weighted by atomic mass is 19.1. The van der Waals surface area contributed by atoms with Gasteiger partial charge in [-0.15, -0.1) is 0 Å². The second kappa shape index (κ2) is 9.72. The number of aromatic carboxylic acids is 1. The Labute approximate surface area is 224 Å². The maximum Gasteiger partial charge on any atom is 0.336 e. The summed E-state index contributed by atoms with van der Waals surface area (Å²) >= 11 is 0. The molecule has 5 rings (SSSR count). The second-order valence-corrected chi connectivity index (χ2v) is 9.97. The molecule has 1 aliphatic rings. The Morgan fingerprint density at radius 1 is 0.974 bits per heavy atom. The fraction of sp³-hybridized carbons (Fsp3) is 0.129. The predicted molar refractivity (Wildman–Crippen MR) is 149 cm³/mol. The summed E-state index contributed by atoms with van der Waals surface area (Å²) in [6.07, 6.45) is 0.600. The average Bonchev–Trinajstić information content (AvgIpc) is 2.92. The van der Waals surface area contributed by atoms with Gasteiger partial charge in [0.2, 0.25) is 5.91 Å². The summed E-state index contributed by atoms with van der Waals surface area (Å²) in [6.45, 7) is 2.09. The van der Waals surface area contributed by atoms with Gasteiger partial charge in [0.05, 0.1) is 11.6 Å². The highest BCUT2D eigenvalue weighted by Crippen LogP contribution is 2.48. The first kappa shape index (κ1) is 25.7. The number of benzene rings is 4. The van der Waals surface area contributed by atoms with Gasteiger partial charge in [0.15, 0.2) is 0 Å². The lowest BCUT2D eigenvalue weighted by Gasteiger charge is -2.42. The topological polar surface area (TPSA) is 142 Å². The van der Waals surface area contributed by atoms with E-state index in [1.165, 1.54) is 24.3 Å². The molecule has 1 amide bonds. The van der Waals surface area contributed by atoms with Crippen molar-refractivity contribution in [2.24, 2.45) is 11.5 Å². The molecule has 8 heteroatoms. The van der Waals surface area contributed by atoms with Crippen molar-refractivity contribution >= 4 is 23.4 Å². The van der Waals surface area contributed by atoms with Gasteiger partial charge in [-0.05, 0) is 82.8 Å². The van der Waals surface area contributed by atoms with E-state index in [1.54, 1.807) is 24.3 Å². The quantitative estimate of drug-likeness (QED) is 0.169. The molecule has 4 aromatic carbocycles. The number of halogens is 1. The minimum Gasteiger partial charge on any atom is -0.478 e. The highest BCUT2D eigenvalue weighted by Gasteiger charge is 2.39. The third kappa shape index (κ3) is 4.72. The number of anilines is 1. The Morgan fingerprint density at radius 3 is 2.36 bits per heavy atom. The number of amides is 1. The first-order valence-corrected chi connectivity index (χ1v) is 12.4. The molecule has 2 unspecified atom stereocenters. The number of carboxylic acids is 1. The fourth-order valence-corrected chi connectivity index (χ4v) is 5.39. The van der Waals surface area contributed by atoms with Crippen molar-refractivity contribution in [1.82, 2.24) is 0 Å². The van der Waals surface area contributed by atoms with Crippen molar-refractivity contribution in [1.29, 1.82) is 5.41 Å². The molecule has 1 aliphatic heterocycles. The van der Waals surface area contributed by atoms with Crippen LogP contribution >= 0.6 is 0 Å². The normalized spacial score (nSPS) is 18.1. The average molecular weight is 523 g/mol. The number of hydrogen-bond acceptors (Lipinski definition) is 4. The van der Waals surface area contributed by atoms with Gasteiger partial charge in [-0.25, -0.2) is 9.18 Å². The van der Waals surface area contributed by atoms with Gasteiger partial charge < -0.3 is 21.9 Å². The zero-order chi connectivity index (χ0) is 27.9. The van der Waals surface area contributed by atoms with E-state index in [0.717, 1.165) is 22.4 Å². The van der Waals surface area contributed by atoms with E-state index >= 15 is 0 Å². The van der Waals surface area contributed by atoms with Gasteiger partial charge in [0.25, 0.3) is 0 Å². The summed E-state index contributed by atoms with van der Waals surface area (Å²) in [4.78, 5) is 23.6. The molecule has 39 heavy (non-hydrogen) atoms. The molecule has 0 aromatic heterocycles. The largest absolute Gasteiger partial charge is 0.478 e. The number of hydrogen-bond donors (Lipinski definition) is 5. The van der Waals surface area contributed by atoms with E-state index < -0.39 is 17.3 Å². The Hall–Kier alpha value is -4.98. The molecule has 0 bridgehead atoms. The van der Waals surface area contributed by atoms with Crippen LogP contribution in [0.1, 0.15) is 62.4 Å². The molecule has 7 N–H and O–H groups in total. The standard InChI is InChI=1S/C31H27FN4O3/c1-31(21-7-9-22(32)10-8-21)16-27(36-26-12-6-19(28(33)34)15-25(26)31)18-4-2-3-17(13-18)23-11-5-20(29(35)37)14-24(23)30(38)39/h2-15,27,36H,16H2,1H3,(H3,33,34)(H2,35,37)(H,38,39). The lowest BCUT2D eigenvalue weighted by Crippen LogP contribution is -2.35. The molecular formula is C31H27FN4O3. The predicted octanol–water partition coefficient (Wildman–Crippen LogP) is 5.44. The SMILES string of the molecule is CC1(c2ccc(F)cc2)CC(c2cccc(-c3ccc(C(N)=O)cc3C(=O)O)c2)Nc2ccc(C(=N)N)cc21. The van der Waals surface area contributed by atoms with Crippen molar-refractivity contribution in [2.45, 2.75) is 24.8 Å². The van der Waals surface area contributed by atoms with Crippen LogP contribution in [0, 0.1) is 11.2 Å². The van der Waals surface area contributed by atoms with Crippen LogP contribution in [0.25, 0.3) is 11.1 Å². The van der Waals surface area contributed by atoms with E-state index in [2.05, 4.69) is 12.2 Å². The number of amidine groups is 1. The summed E-state index contributed by atoms with van der Waals surface area (Å²) in [5, 5.41) is 21.3. The van der Waals surface area contributed by atoms with Crippen LogP contribution in [0.4, 0.5) is 10.1 Å². The van der Waals surface area contributed by atoms with Gasteiger partial charge in [-0.1, -0.05) is 43.3 Å². The summed E-state index contributed by atoms with van der Waals surface area (Å²) in [5.41, 5.74) is 16.1. The second-order valence-electron chi connectivity index (χ2n) is 9.97. The Morgan fingerprint density at radius 2 is 1.69 bits per heavy atom. The molecule has 2 atom stereocenters. The summed E-state index contributed by atoms with van der Waals surface area (Å²) in [6, 6.07) is 23.8. The van der Waals surface area contributed by atoms with E-state index in [1.807, 2.05) is 36.4 Å². The van der Waals surface area contributed by atoms with Crippen molar-refractivity contribution < 1.29 is 19.1 Å². The van der Waals surface area contributed by atoms with E-state index in [0.29, 0.717) is 23.1 Å². The molecule has 1 heterocycles. The number of carbonyl (C=O) groups excluding carboxylic acids is 1. The summed E-state index contributed by atoms with van der Waals surface area (Å²) in [5.74, 6) is -2.22. The lowest BCUT2D eigenvalue weighted by atomic mass is 9.68. The van der Waals surface area contributed by atoms with E-state index in [-0.39, 0.29) is 28.8 Å². The number of primary amides is 1. The van der Waals surface area contributed by atoms with E-state index in [4.69, 9.17) is 16.9 Å². The van der Waals surface area contributed by atoms with Crippen LogP contribution < -0.4 is 16.8 Å². The lowest BCUT2D eigenvalue weighted by molar-refractivity contribution is 0.0697. The van der Waals surface area contributed by atoms with E-state index in [9.17, 15) is 19.1 Å². The van der Waals surface area contributed by atoms with Crippen LogP contribution in [-0.2, 0) is 5.41 Å². The number of nitrogen functional groups attached to an aromatic ring is 1. The number of nitrogens with one attached hydrogen (secondary N) is 2. The maximum absolute atomic E-state index is 13.8. The smallest absolute Gasteiger partial charge is 0.336 e. The zero-order valence-electron chi connectivity index (χ0n) is 21.2. The summed E-state index contributed by atoms with van der Waals surface area (Å²) < 4.78 is 13.8. The first-order chi connectivity index (χ1) is 18.6. The van der Waals surface area contributed by atoms with Gasteiger partial charge >= 0.3 is 5.97 Å². The Kier molecular flexibility index (Phi) is 6.39. The molecule has 196 valence electrons. The van der Waals surface area contributed by atoms with Crippen molar-refractivity contribution in [2.75, 3.05) is 5.32 Å². The van der Waals surface area contributed by atoms with Gasteiger partial charge in [0, 0.05) is 22.2 Å². The van der Waals surface area contributed by atoms with Gasteiger partial charge in [0.1, 0.15) is 11.7 Å². The number of carboxylic acid groups (broad SMARTS) is 1. The van der Waals surface area contributed by atoms with Gasteiger partial charge in [-0.2, -0.15) is 0 Å². The van der Waals surface area contributed by atoms with Crippen molar-refractivity contribution in [3.05, 3.63) is 124 Å². The summed E-state index contributed by atoms with van der Waals surface area (Å²) in [7, 11) is 0. The number of carbonyl (C=O) groups is 2. The third-order valence-corrected chi connectivity index (χ3v) is 7.48. The highest BCUT2D eigenvalue weighted by molar-refractivity contribution is 6.01. The van der Waals surface area contributed by atoms with Crippen LogP contribution in [0.3, 0.4) is 0 Å². The first-order valence-electron chi connectivity index (χ1n) is 12.4. The fourth-order valence-electron chi connectivity index (χ4n) is 5.39. The molecule has 0 radical (unpaired) electrons. The maximum atomic E-state index is 13.8. The number of fused-ring (bicyclic) bond motifs is 1. The third-order valence-electron chi connectivity index (χ3n) is 7.48. The minimum absolute atomic E-state index is 0.0155. The van der Waals surface area contributed by atoms with Crippen molar-refractivity contribution in [3.63, 3.8) is 0 Å². The molecule has 0 spiro atoms. The zero-order valence-corrected chi connectivity index (χ0v) is 21.2. The molecule has 0 aliphatic carbocycles. The van der Waals surface area contributed by atoms with Crippen molar-refractivity contribution in [3.8, 4) is 11.1 Å².